The Labute approximate surface area is 214 Å². The van der Waals surface area contributed by atoms with Gasteiger partial charge in [-0.15, -0.1) is 0 Å². The third kappa shape index (κ3) is 5.09. The van der Waals surface area contributed by atoms with Crippen LogP contribution in [0.2, 0.25) is 0 Å². The van der Waals surface area contributed by atoms with Gasteiger partial charge in [-0.25, -0.2) is 9.48 Å². The van der Waals surface area contributed by atoms with E-state index in [0.29, 0.717) is 17.0 Å². The molecule has 5 rings (SSSR count). The van der Waals surface area contributed by atoms with Gasteiger partial charge in [-0.05, 0) is 50.5 Å². The van der Waals surface area contributed by atoms with Crippen LogP contribution in [0.1, 0.15) is 55.2 Å². The van der Waals surface area contributed by atoms with Crippen LogP contribution < -0.4 is 0 Å². The Kier molecular flexibility index (Phi) is 6.72. The molecule has 1 N–H and O–H groups in total. The van der Waals surface area contributed by atoms with Crippen molar-refractivity contribution in [3.63, 3.8) is 0 Å². The maximum Gasteiger partial charge on any atom is 0.342 e. The molecular formula is C29H28N4O4. The number of aromatic amines is 1. The normalized spacial score (nSPS) is 13.1. The van der Waals surface area contributed by atoms with Crippen LogP contribution in [0.3, 0.4) is 0 Å². The Bertz CT molecular complexity index is 1460. The molecule has 37 heavy (non-hydrogen) atoms. The van der Waals surface area contributed by atoms with Crippen molar-refractivity contribution in [2.24, 2.45) is 0 Å². The van der Waals surface area contributed by atoms with Gasteiger partial charge in [0.15, 0.2) is 6.61 Å². The fourth-order valence-corrected chi connectivity index (χ4v) is 4.58. The SMILES string of the molecule is Cc1ccc(-c2nn(-c3ccccc3)cc2C(=O)OCC(=O)c2c[nH]c(C(=O)N3CCCC3)c2)c(C)c1. The zero-order chi connectivity index (χ0) is 25.9. The number of rotatable bonds is 7. The van der Waals surface area contributed by atoms with Crippen LogP contribution in [0.15, 0.2) is 67.0 Å². The fraction of sp³-hybridized carbons (Fsp3) is 0.241. The van der Waals surface area contributed by atoms with Crippen LogP contribution in [0, 0.1) is 13.8 Å². The summed E-state index contributed by atoms with van der Waals surface area (Å²) in [5.41, 5.74) is 5.10. The number of benzene rings is 2. The van der Waals surface area contributed by atoms with Gasteiger partial charge in [0, 0.05) is 36.6 Å². The molecule has 2 aromatic heterocycles. The molecule has 3 heterocycles. The van der Waals surface area contributed by atoms with E-state index in [-0.39, 0.29) is 11.5 Å². The summed E-state index contributed by atoms with van der Waals surface area (Å²) in [4.78, 5) is 43.2. The molecule has 0 unspecified atom stereocenters. The van der Waals surface area contributed by atoms with E-state index in [2.05, 4.69) is 4.98 Å². The quantitative estimate of drug-likeness (QED) is 0.294. The molecule has 0 spiro atoms. The molecule has 1 fully saturated rings. The molecule has 0 bridgehead atoms. The van der Waals surface area contributed by atoms with Crippen molar-refractivity contribution in [1.29, 1.82) is 0 Å². The lowest BCUT2D eigenvalue weighted by molar-refractivity contribution is 0.0475. The lowest BCUT2D eigenvalue weighted by atomic mass is 10.0. The number of ether oxygens (including phenoxy) is 1. The van der Waals surface area contributed by atoms with Crippen LogP contribution in [-0.2, 0) is 4.74 Å². The number of amides is 1. The van der Waals surface area contributed by atoms with Gasteiger partial charge in [0.2, 0.25) is 5.78 Å². The van der Waals surface area contributed by atoms with E-state index >= 15 is 0 Å². The summed E-state index contributed by atoms with van der Waals surface area (Å²) in [6.07, 6.45) is 5.08. The van der Waals surface area contributed by atoms with Crippen molar-refractivity contribution in [2.45, 2.75) is 26.7 Å². The number of carbonyl (C=O) groups excluding carboxylic acids is 3. The number of aromatic nitrogens is 3. The van der Waals surface area contributed by atoms with Crippen molar-refractivity contribution in [1.82, 2.24) is 19.7 Å². The molecule has 0 radical (unpaired) electrons. The third-order valence-corrected chi connectivity index (χ3v) is 6.55. The zero-order valence-corrected chi connectivity index (χ0v) is 20.9. The first-order valence-corrected chi connectivity index (χ1v) is 12.3. The standard InChI is InChI=1S/C29H28N4O4/c1-19-10-11-23(20(2)14-19)27-24(17-33(31-27)22-8-4-3-5-9-22)29(36)37-18-26(34)21-15-25(30-16-21)28(35)32-12-6-7-13-32/h3-5,8-11,14-17,30H,6-7,12-13,18H2,1-2H3. The van der Waals surface area contributed by atoms with Gasteiger partial charge in [-0.1, -0.05) is 42.0 Å². The topological polar surface area (TPSA) is 97.3 Å². The van der Waals surface area contributed by atoms with Gasteiger partial charge in [-0.3, -0.25) is 9.59 Å². The van der Waals surface area contributed by atoms with Crippen LogP contribution >= 0.6 is 0 Å². The van der Waals surface area contributed by atoms with E-state index in [9.17, 15) is 14.4 Å². The molecular weight excluding hydrogens is 468 g/mol. The Morgan fingerprint density at radius 3 is 2.49 bits per heavy atom. The summed E-state index contributed by atoms with van der Waals surface area (Å²) in [5, 5.41) is 4.69. The summed E-state index contributed by atoms with van der Waals surface area (Å²) in [6, 6.07) is 16.9. The van der Waals surface area contributed by atoms with Gasteiger partial charge in [-0.2, -0.15) is 5.10 Å². The highest BCUT2D eigenvalue weighted by atomic mass is 16.5. The number of H-pyrrole nitrogens is 1. The predicted octanol–water partition coefficient (Wildman–Crippen LogP) is 4.76. The summed E-state index contributed by atoms with van der Waals surface area (Å²) >= 11 is 0. The maximum absolute atomic E-state index is 13.2. The van der Waals surface area contributed by atoms with E-state index in [1.54, 1.807) is 15.8 Å². The Hall–Kier alpha value is -4.46. The molecule has 2 aromatic carbocycles. The lowest BCUT2D eigenvalue weighted by Crippen LogP contribution is -2.27. The van der Waals surface area contributed by atoms with E-state index in [0.717, 1.165) is 48.3 Å². The minimum absolute atomic E-state index is 0.125. The largest absolute Gasteiger partial charge is 0.454 e. The number of Topliss-reactive ketones (excluding diaryl/α,β-unsaturated/α-hetero) is 1. The van der Waals surface area contributed by atoms with E-state index in [1.807, 2.05) is 62.4 Å². The average Bonchev–Trinajstić information content (AvgIpc) is 3.68. The average molecular weight is 497 g/mol. The second-order valence-corrected chi connectivity index (χ2v) is 9.29. The summed E-state index contributed by atoms with van der Waals surface area (Å²) in [7, 11) is 0. The van der Waals surface area contributed by atoms with Crippen LogP contribution in [0.5, 0.6) is 0 Å². The number of nitrogens with zero attached hydrogens (tertiary/aromatic N) is 3. The maximum atomic E-state index is 13.2. The van der Waals surface area contributed by atoms with Crippen LogP contribution in [-0.4, -0.2) is 57.0 Å². The Balaban J connectivity index is 1.36. The smallest absolute Gasteiger partial charge is 0.342 e. The van der Waals surface area contributed by atoms with Crippen molar-refractivity contribution >= 4 is 17.7 Å². The molecule has 0 aliphatic carbocycles. The minimum atomic E-state index is -0.644. The first kappa shape index (κ1) is 24.2. The number of para-hydroxylation sites is 1. The summed E-state index contributed by atoms with van der Waals surface area (Å²) in [5.74, 6) is -1.16. The second kappa shape index (κ2) is 10.3. The molecule has 1 aliphatic heterocycles. The number of carbonyl (C=O) groups is 3. The number of esters is 1. The number of hydrogen-bond donors (Lipinski definition) is 1. The number of nitrogens with one attached hydrogen (secondary N) is 1. The second-order valence-electron chi connectivity index (χ2n) is 9.29. The number of hydrogen-bond acceptors (Lipinski definition) is 5. The van der Waals surface area contributed by atoms with E-state index < -0.39 is 18.4 Å². The number of ketones is 1. The third-order valence-electron chi connectivity index (χ3n) is 6.55. The molecule has 0 saturated carbocycles. The molecule has 8 nitrogen and oxygen atoms in total. The van der Waals surface area contributed by atoms with Crippen LogP contribution in [0.4, 0.5) is 0 Å². The molecule has 1 aliphatic rings. The number of likely N-dealkylation sites (tertiary alicyclic amines) is 1. The molecule has 4 aromatic rings. The Morgan fingerprint density at radius 2 is 1.76 bits per heavy atom. The van der Waals surface area contributed by atoms with Crippen molar-refractivity contribution in [3.8, 4) is 16.9 Å². The van der Waals surface area contributed by atoms with Crippen LogP contribution in [0.25, 0.3) is 16.9 Å². The molecule has 1 amide bonds. The summed E-state index contributed by atoms with van der Waals surface area (Å²) in [6.45, 7) is 4.97. The van der Waals surface area contributed by atoms with Gasteiger partial charge in [0.05, 0.1) is 5.69 Å². The molecule has 1 saturated heterocycles. The van der Waals surface area contributed by atoms with E-state index in [4.69, 9.17) is 9.84 Å². The van der Waals surface area contributed by atoms with Crippen molar-refractivity contribution < 1.29 is 19.1 Å². The van der Waals surface area contributed by atoms with Crippen molar-refractivity contribution in [3.05, 3.63) is 94.9 Å². The first-order chi connectivity index (χ1) is 17.9. The van der Waals surface area contributed by atoms with E-state index in [1.165, 1.54) is 12.3 Å². The zero-order valence-electron chi connectivity index (χ0n) is 20.9. The fourth-order valence-electron chi connectivity index (χ4n) is 4.58. The molecule has 8 heteroatoms. The van der Waals surface area contributed by atoms with Gasteiger partial charge in [0.1, 0.15) is 17.0 Å². The molecule has 0 atom stereocenters. The predicted molar refractivity (Wildman–Crippen MR) is 139 cm³/mol. The van der Waals surface area contributed by atoms with Crippen molar-refractivity contribution in [2.75, 3.05) is 19.7 Å². The monoisotopic (exact) mass is 496 g/mol. The lowest BCUT2D eigenvalue weighted by Gasteiger charge is -2.13. The Morgan fingerprint density at radius 1 is 1.00 bits per heavy atom. The summed E-state index contributed by atoms with van der Waals surface area (Å²) < 4.78 is 7.07. The highest BCUT2D eigenvalue weighted by molar-refractivity contribution is 6.03. The highest BCUT2D eigenvalue weighted by Crippen LogP contribution is 2.28. The molecule has 188 valence electrons. The first-order valence-electron chi connectivity index (χ1n) is 12.3. The highest BCUT2D eigenvalue weighted by Gasteiger charge is 2.24. The van der Waals surface area contributed by atoms with Gasteiger partial charge < -0.3 is 14.6 Å². The van der Waals surface area contributed by atoms with Gasteiger partial charge in [0.25, 0.3) is 5.91 Å². The van der Waals surface area contributed by atoms with Gasteiger partial charge >= 0.3 is 5.97 Å². The number of aryl methyl sites for hydroxylation is 2. The minimum Gasteiger partial charge on any atom is -0.454 e.